The van der Waals surface area contributed by atoms with E-state index in [2.05, 4.69) is 43.4 Å². The first-order valence-electron chi connectivity index (χ1n) is 6.03. The molecule has 1 heteroatoms. The van der Waals surface area contributed by atoms with Gasteiger partial charge in [0, 0.05) is 12.6 Å². The number of aryl methyl sites for hydroxylation is 1. The van der Waals surface area contributed by atoms with Crippen LogP contribution in [0.1, 0.15) is 37.3 Å². The van der Waals surface area contributed by atoms with Gasteiger partial charge in [-0.05, 0) is 43.2 Å². The van der Waals surface area contributed by atoms with Crippen LogP contribution >= 0.6 is 0 Å². The molecule has 1 fully saturated rings. The molecule has 2 rings (SSSR count). The van der Waals surface area contributed by atoms with Crippen LogP contribution in [0.25, 0.3) is 0 Å². The maximum atomic E-state index is 3.67. The third-order valence-electron chi connectivity index (χ3n) is 3.54. The van der Waals surface area contributed by atoms with Crippen molar-refractivity contribution in [3.05, 3.63) is 35.4 Å². The van der Waals surface area contributed by atoms with E-state index >= 15 is 0 Å². The highest BCUT2D eigenvalue weighted by molar-refractivity contribution is 5.25. The van der Waals surface area contributed by atoms with E-state index in [0.29, 0.717) is 0 Å². The molecule has 2 atom stereocenters. The summed E-state index contributed by atoms with van der Waals surface area (Å²) >= 11 is 0. The normalized spacial score (nSPS) is 25.7. The predicted octanol–water partition coefficient (Wildman–Crippen LogP) is 3.27. The van der Waals surface area contributed by atoms with Gasteiger partial charge in [-0.3, -0.25) is 0 Å². The van der Waals surface area contributed by atoms with Gasteiger partial charge in [0.15, 0.2) is 0 Å². The topological polar surface area (TPSA) is 12.0 Å². The van der Waals surface area contributed by atoms with E-state index in [4.69, 9.17) is 0 Å². The average Bonchev–Trinajstić information content (AvgIpc) is 2.63. The van der Waals surface area contributed by atoms with Crippen molar-refractivity contribution in [1.29, 1.82) is 0 Å². The Hall–Kier alpha value is -0.820. The van der Waals surface area contributed by atoms with Gasteiger partial charge in [0.1, 0.15) is 0 Å². The van der Waals surface area contributed by atoms with Crippen LogP contribution in [0.2, 0.25) is 0 Å². The molecule has 0 aliphatic heterocycles. The first-order chi connectivity index (χ1) is 7.25. The molecule has 1 aromatic carbocycles. The molecule has 1 saturated carbocycles. The van der Waals surface area contributed by atoms with Crippen LogP contribution in [-0.4, -0.2) is 6.04 Å². The fourth-order valence-corrected chi connectivity index (χ4v) is 2.46. The highest BCUT2D eigenvalue weighted by atomic mass is 14.9. The molecule has 0 radical (unpaired) electrons. The minimum atomic E-state index is 0.750. The van der Waals surface area contributed by atoms with Crippen LogP contribution in [0.5, 0.6) is 0 Å². The predicted molar refractivity (Wildman–Crippen MR) is 64.8 cm³/mol. The van der Waals surface area contributed by atoms with Crippen LogP contribution in [0.4, 0.5) is 0 Å². The van der Waals surface area contributed by atoms with Gasteiger partial charge in [0.25, 0.3) is 0 Å². The van der Waals surface area contributed by atoms with E-state index in [1.165, 1.54) is 30.4 Å². The summed E-state index contributed by atoms with van der Waals surface area (Å²) in [4.78, 5) is 0. The molecule has 1 aromatic rings. The van der Waals surface area contributed by atoms with Gasteiger partial charge in [-0.25, -0.2) is 0 Å². The minimum absolute atomic E-state index is 0.750. The molecule has 0 unspecified atom stereocenters. The van der Waals surface area contributed by atoms with E-state index in [0.717, 1.165) is 18.5 Å². The largest absolute Gasteiger partial charge is 0.310 e. The van der Waals surface area contributed by atoms with Crippen LogP contribution in [-0.2, 0) is 6.54 Å². The van der Waals surface area contributed by atoms with Crippen molar-refractivity contribution in [2.45, 2.75) is 45.7 Å². The van der Waals surface area contributed by atoms with Gasteiger partial charge in [-0.2, -0.15) is 0 Å². The van der Waals surface area contributed by atoms with Crippen LogP contribution in [0.3, 0.4) is 0 Å². The summed E-state index contributed by atoms with van der Waals surface area (Å²) in [5.74, 6) is 0.916. The third-order valence-corrected chi connectivity index (χ3v) is 3.54. The Kier molecular flexibility index (Phi) is 3.42. The second-order valence-corrected chi connectivity index (χ2v) is 4.92. The molecular formula is C14H21N. The lowest BCUT2D eigenvalue weighted by Crippen LogP contribution is -2.26. The van der Waals surface area contributed by atoms with Crippen molar-refractivity contribution >= 4 is 0 Å². The lowest BCUT2D eigenvalue weighted by Gasteiger charge is -2.13. The number of nitrogens with one attached hydrogen (secondary N) is 1. The second-order valence-electron chi connectivity index (χ2n) is 4.92. The zero-order valence-electron chi connectivity index (χ0n) is 9.79. The molecule has 15 heavy (non-hydrogen) atoms. The molecule has 1 aliphatic carbocycles. The summed E-state index contributed by atoms with van der Waals surface area (Å²) in [6.07, 6.45) is 4.10. The Morgan fingerprint density at radius 1 is 1.27 bits per heavy atom. The molecular weight excluding hydrogens is 182 g/mol. The summed E-state index contributed by atoms with van der Waals surface area (Å²) in [6.45, 7) is 5.58. The molecule has 0 saturated heterocycles. The molecule has 0 aromatic heterocycles. The zero-order valence-corrected chi connectivity index (χ0v) is 9.79. The Morgan fingerprint density at radius 2 is 2.07 bits per heavy atom. The SMILES string of the molecule is Cc1ccccc1CN[C@@H]1CC[C@H](C)C1. The third kappa shape index (κ3) is 2.82. The summed E-state index contributed by atoms with van der Waals surface area (Å²) in [5, 5.41) is 3.67. The smallest absolute Gasteiger partial charge is 0.0210 e. The van der Waals surface area contributed by atoms with E-state index in [1.54, 1.807) is 0 Å². The summed E-state index contributed by atoms with van der Waals surface area (Å²) < 4.78 is 0. The fraction of sp³-hybridized carbons (Fsp3) is 0.571. The Labute approximate surface area is 92.9 Å². The average molecular weight is 203 g/mol. The van der Waals surface area contributed by atoms with Crippen molar-refractivity contribution in [2.75, 3.05) is 0 Å². The Bertz CT molecular complexity index is 319. The van der Waals surface area contributed by atoms with Crippen molar-refractivity contribution in [2.24, 2.45) is 5.92 Å². The molecule has 0 heterocycles. The zero-order chi connectivity index (χ0) is 10.7. The van der Waals surface area contributed by atoms with Crippen LogP contribution < -0.4 is 5.32 Å². The summed E-state index contributed by atoms with van der Waals surface area (Å²) in [7, 11) is 0. The molecule has 1 aliphatic rings. The molecule has 0 amide bonds. The minimum Gasteiger partial charge on any atom is -0.310 e. The first-order valence-corrected chi connectivity index (χ1v) is 6.03. The van der Waals surface area contributed by atoms with Crippen molar-refractivity contribution in [3.8, 4) is 0 Å². The number of hydrogen-bond donors (Lipinski definition) is 1. The number of rotatable bonds is 3. The maximum absolute atomic E-state index is 3.67. The molecule has 1 nitrogen and oxygen atoms in total. The quantitative estimate of drug-likeness (QED) is 0.795. The summed E-state index contributed by atoms with van der Waals surface area (Å²) in [5.41, 5.74) is 2.84. The first kappa shape index (κ1) is 10.7. The van der Waals surface area contributed by atoms with E-state index in [-0.39, 0.29) is 0 Å². The van der Waals surface area contributed by atoms with Gasteiger partial charge >= 0.3 is 0 Å². The lowest BCUT2D eigenvalue weighted by molar-refractivity contribution is 0.501. The Balaban J connectivity index is 1.86. The molecule has 0 bridgehead atoms. The fourth-order valence-electron chi connectivity index (χ4n) is 2.46. The van der Waals surface area contributed by atoms with Crippen LogP contribution in [0.15, 0.2) is 24.3 Å². The van der Waals surface area contributed by atoms with Gasteiger partial charge in [-0.15, -0.1) is 0 Å². The monoisotopic (exact) mass is 203 g/mol. The summed E-state index contributed by atoms with van der Waals surface area (Å²) in [6, 6.07) is 9.40. The van der Waals surface area contributed by atoms with Crippen molar-refractivity contribution < 1.29 is 0 Å². The van der Waals surface area contributed by atoms with E-state index in [1.807, 2.05) is 0 Å². The van der Waals surface area contributed by atoms with Crippen molar-refractivity contribution in [3.63, 3.8) is 0 Å². The molecule has 82 valence electrons. The van der Waals surface area contributed by atoms with E-state index in [9.17, 15) is 0 Å². The van der Waals surface area contributed by atoms with Gasteiger partial charge in [-0.1, -0.05) is 31.2 Å². The van der Waals surface area contributed by atoms with Gasteiger partial charge in [0.05, 0.1) is 0 Å². The van der Waals surface area contributed by atoms with E-state index < -0.39 is 0 Å². The Morgan fingerprint density at radius 3 is 2.73 bits per heavy atom. The molecule has 1 N–H and O–H groups in total. The van der Waals surface area contributed by atoms with Gasteiger partial charge < -0.3 is 5.32 Å². The standard InChI is InChI=1S/C14H21N/c1-11-7-8-14(9-11)15-10-13-6-4-3-5-12(13)2/h3-6,11,14-15H,7-10H2,1-2H3/t11-,14+/m0/s1. The highest BCUT2D eigenvalue weighted by Gasteiger charge is 2.20. The number of hydrogen-bond acceptors (Lipinski definition) is 1. The molecule has 0 spiro atoms. The highest BCUT2D eigenvalue weighted by Crippen LogP contribution is 2.24. The second kappa shape index (κ2) is 4.80. The van der Waals surface area contributed by atoms with Crippen molar-refractivity contribution in [1.82, 2.24) is 5.32 Å². The lowest BCUT2D eigenvalue weighted by atomic mass is 10.1. The maximum Gasteiger partial charge on any atom is 0.0210 e. The van der Waals surface area contributed by atoms with Crippen LogP contribution in [0, 0.1) is 12.8 Å². The number of benzene rings is 1. The van der Waals surface area contributed by atoms with Gasteiger partial charge in [0.2, 0.25) is 0 Å².